The standard InChI is InChI=1S/C26H23ClN8O5S/c1-16-14-22(29-24(36)17-2-8-20(9-3-17)41(38,39)33-10-12-40-13-11-33)35(32-16)26-30-23-21(25(37)31-26)15-28-34(23)19-6-4-18(27)5-7-19/h2-9,14-15H,10-13H2,1H3,(H,29,36)(H,30,31,37). The third-order valence-corrected chi connectivity index (χ3v) is 8.66. The van der Waals surface area contributed by atoms with E-state index in [0.717, 1.165) is 0 Å². The first-order chi connectivity index (χ1) is 19.7. The van der Waals surface area contributed by atoms with Crippen LogP contribution in [0, 0.1) is 6.92 Å². The highest BCUT2D eigenvalue weighted by Crippen LogP contribution is 2.21. The van der Waals surface area contributed by atoms with E-state index in [2.05, 4.69) is 25.5 Å². The van der Waals surface area contributed by atoms with E-state index in [1.165, 1.54) is 44.1 Å². The number of ether oxygens (including phenoxy) is 1. The van der Waals surface area contributed by atoms with Gasteiger partial charge in [0.25, 0.3) is 11.5 Å². The molecule has 0 saturated carbocycles. The Kier molecular flexibility index (Phi) is 6.91. The quantitative estimate of drug-likeness (QED) is 0.304. The van der Waals surface area contributed by atoms with E-state index in [1.54, 1.807) is 37.3 Å². The van der Waals surface area contributed by atoms with Crippen molar-refractivity contribution in [2.45, 2.75) is 11.8 Å². The van der Waals surface area contributed by atoms with Gasteiger partial charge < -0.3 is 10.1 Å². The zero-order chi connectivity index (χ0) is 28.7. The molecule has 3 aromatic heterocycles. The van der Waals surface area contributed by atoms with E-state index in [9.17, 15) is 18.0 Å². The van der Waals surface area contributed by atoms with Crippen molar-refractivity contribution in [1.29, 1.82) is 0 Å². The summed E-state index contributed by atoms with van der Waals surface area (Å²) in [5.74, 6) is -0.192. The number of carbonyl (C=O) groups excluding carboxylic acids is 1. The maximum Gasteiger partial charge on any atom is 0.263 e. The number of nitrogens with zero attached hydrogens (tertiary/aromatic N) is 6. The summed E-state index contributed by atoms with van der Waals surface area (Å²) in [6.45, 7) is 2.95. The molecule has 210 valence electrons. The predicted molar refractivity (Wildman–Crippen MR) is 150 cm³/mol. The lowest BCUT2D eigenvalue weighted by Gasteiger charge is -2.26. The van der Waals surface area contributed by atoms with E-state index in [4.69, 9.17) is 16.3 Å². The van der Waals surface area contributed by atoms with E-state index in [1.807, 2.05) is 0 Å². The predicted octanol–water partition coefficient (Wildman–Crippen LogP) is 2.53. The smallest absolute Gasteiger partial charge is 0.263 e. The molecule has 1 fully saturated rings. The average molecular weight is 595 g/mol. The van der Waals surface area contributed by atoms with Crippen LogP contribution in [0.2, 0.25) is 5.02 Å². The largest absolute Gasteiger partial charge is 0.379 e. The second-order valence-electron chi connectivity index (χ2n) is 9.24. The van der Waals surface area contributed by atoms with Crippen molar-refractivity contribution in [1.82, 2.24) is 33.8 Å². The third-order valence-electron chi connectivity index (χ3n) is 6.49. The number of rotatable bonds is 6. The maximum absolute atomic E-state index is 13.1. The first kappa shape index (κ1) is 26.8. The molecular formula is C26H23ClN8O5S. The summed E-state index contributed by atoms with van der Waals surface area (Å²) >= 11 is 6.01. The molecule has 0 atom stereocenters. The number of halogens is 1. The number of sulfonamides is 1. The van der Waals surface area contributed by atoms with Gasteiger partial charge in [0.1, 0.15) is 11.2 Å². The van der Waals surface area contributed by atoms with Crippen LogP contribution in [0.25, 0.3) is 22.7 Å². The van der Waals surface area contributed by atoms with Gasteiger partial charge in [0, 0.05) is 29.7 Å². The van der Waals surface area contributed by atoms with Gasteiger partial charge in [-0.2, -0.15) is 24.2 Å². The minimum Gasteiger partial charge on any atom is -0.379 e. The molecule has 1 aliphatic rings. The van der Waals surface area contributed by atoms with Crippen molar-refractivity contribution < 1.29 is 17.9 Å². The van der Waals surface area contributed by atoms with Gasteiger partial charge in [-0.15, -0.1) is 0 Å². The highest BCUT2D eigenvalue weighted by molar-refractivity contribution is 7.89. The molecule has 0 bridgehead atoms. The average Bonchev–Trinajstić information content (AvgIpc) is 3.57. The first-order valence-electron chi connectivity index (χ1n) is 12.5. The van der Waals surface area contributed by atoms with Crippen LogP contribution in [-0.4, -0.2) is 74.5 Å². The molecule has 0 unspecified atom stereocenters. The molecule has 1 saturated heterocycles. The highest BCUT2D eigenvalue weighted by atomic mass is 35.5. The van der Waals surface area contributed by atoms with Crippen molar-refractivity contribution in [3.8, 4) is 11.6 Å². The monoisotopic (exact) mass is 594 g/mol. The molecule has 0 radical (unpaired) electrons. The van der Waals surface area contributed by atoms with Crippen LogP contribution >= 0.6 is 11.6 Å². The minimum absolute atomic E-state index is 0.0635. The van der Waals surface area contributed by atoms with Crippen LogP contribution in [0.3, 0.4) is 0 Å². The second-order valence-corrected chi connectivity index (χ2v) is 11.6. The Balaban J connectivity index is 1.29. The third kappa shape index (κ3) is 5.13. The number of hydrogen-bond acceptors (Lipinski definition) is 8. The SMILES string of the molecule is Cc1cc(NC(=O)c2ccc(S(=O)(=O)N3CCOCC3)cc2)n(-c2nc3c(cnn3-c3ccc(Cl)cc3)c(=O)[nH]2)n1. The molecular weight excluding hydrogens is 572 g/mol. The van der Waals surface area contributed by atoms with Crippen LogP contribution < -0.4 is 10.9 Å². The normalized spacial score (nSPS) is 14.4. The van der Waals surface area contributed by atoms with E-state index >= 15 is 0 Å². The topological polar surface area (TPSA) is 157 Å². The Morgan fingerprint density at radius 2 is 1.76 bits per heavy atom. The van der Waals surface area contributed by atoms with Crippen molar-refractivity contribution in [2.24, 2.45) is 0 Å². The summed E-state index contributed by atoms with van der Waals surface area (Å²) in [6.07, 6.45) is 1.42. The van der Waals surface area contributed by atoms with Crippen molar-refractivity contribution in [2.75, 3.05) is 31.6 Å². The lowest BCUT2D eigenvalue weighted by atomic mass is 10.2. The van der Waals surface area contributed by atoms with Crippen LogP contribution in [0.4, 0.5) is 5.82 Å². The van der Waals surface area contributed by atoms with E-state index in [0.29, 0.717) is 29.6 Å². The fourth-order valence-electron chi connectivity index (χ4n) is 4.43. The molecule has 6 rings (SSSR count). The number of hydrogen-bond donors (Lipinski definition) is 2. The number of aryl methyl sites for hydroxylation is 1. The summed E-state index contributed by atoms with van der Waals surface area (Å²) < 4.78 is 35.2. The second kappa shape index (κ2) is 10.6. The van der Waals surface area contributed by atoms with E-state index in [-0.39, 0.29) is 46.3 Å². The van der Waals surface area contributed by atoms with Gasteiger partial charge in [-0.1, -0.05) is 11.6 Å². The molecule has 1 aliphatic heterocycles. The molecule has 5 aromatic rings. The zero-order valence-electron chi connectivity index (χ0n) is 21.6. The Morgan fingerprint density at radius 3 is 2.46 bits per heavy atom. The number of anilines is 1. The summed E-state index contributed by atoms with van der Waals surface area (Å²) in [6, 6.07) is 14.2. The van der Waals surface area contributed by atoms with Gasteiger partial charge in [0.15, 0.2) is 5.65 Å². The fraction of sp³-hybridized carbons (Fsp3) is 0.192. The lowest BCUT2D eigenvalue weighted by Crippen LogP contribution is -2.40. The van der Waals surface area contributed by atoms with Crippen molar-refractivity contribution in [3.05, 3.63) is 87.4 Å². The number of H-pyrrole nitrogens is 1. The number of morpholine rings is 1. The molecule has 41 heavy (non-hydrogen) atoms. The van der Waals surface area contributed by atoms with Crippen LogP contribution in [-0.2, 0) is 14.8 Å². The van der Waals surface area contributed by atoms with Crippen LogP contribution in [0.5, 0.6) is 0 Å². The number of nitrogens with one attached hydrogen (secondary N) is 2. The van der Waals surface area contributed by atoms with Crippen LogP contribution in [0.1, 0.15) is 16.1 Å². The number of aromatic amines is 1. The molecule has 4 heterocycles. The van der Waals surface area contributed by atoms with Gasteiger partial charge in [0.2, 0.25) is 16.0 Å². The number of fused-ring (bicyclic) bond motifs is 1. The van der Waals surface area contributed by atoms with Gasteiger partial charge in [-0.05, 0) is 55.5 Å². The van der Waals surface area contributed by atoms with Crippen LogP contribution in [0.15, 0.2) is 70.5 Å². The van der Waals surface area contributed by atoms with Crippen molar-refractivity contribution in [3.63, 3.8) is 0 Å². The van der Waals surface area contributed by atoms with Gasteiger partial charge >= 0.3 is 0 Å². The Labute approximate surface area is 238 Å². The molecule has 0 spiro atoms. The first-order valence-corrected chi connectivity index (χ1v) is 14.3. The molecule has 1 amide bonds. The number of amides is 1. The number of benzene rings is 2. The van der Waals surface area contributed by atoms with E-state index < -0.39 is 21.5 Å². The van der Waals surface area contributed by atoms with Crippen molar-refractivity contribution >= 4 is 44.4 Å². The molecule has 0 aliphatic carbocycles. The Hall–Kier alpha value is -4.37. The van der Waals surface area contributed by atoms with Gasteiger partial charge in [0.05, 0.1) is 35.7 Å². The maximum atomic E-state index is 13.1. The highest BCUT2D eigenvalue weighted by Gasteiger charge is 2.26. The molecule has 2 N–H and O–H groups in total. The molecule has 13 nitrogen and oxygen atoms in total. The summed E-state index contributed by atoms with van der Waals surface area (Å²) in [5.41, 5.74) is 1.29. The van der Waals surface area contributed by atoms with Gasteiger partial charge in [-0.3, -0.25) is 14.6 Å². The number of carbonyl (C=O) groups is 1. The fourth-order valence-corrected chi connectivity index (χ4v) is 5.97. The summed E-state index contributed by atoms with van der Waals surface area (Å²) in [7, 11) is -3.69. The Morgan fingerprint density at radius 1 is 1.05 bits per heavy atom. The lowest BCUT2D eigenvalue weighted by molar-refractivity contribution is 0.0730. The zero-order valence-corrected chi connectivity index (χ0v) is 23.2. The Bertz CT molecular complexity index is 1930. The summed E-state index contributed by atoms with van der Waals surface area (Å²) in [4.78, 5) is 33.4. The summed E-state index contributed by atoms with van der Waals surface area (Å²) in [5, 5.41) is 12.3. The molecule has 2 aromatic carbocycles. The number of aromatic nitrogens is 6. The molecule has 15 heteroatoms. The minimum atomic E-state index is -3.69. The van der Waals surface area contributed by atoms with Gasteiger partial charge in [-0.25, -0.2) is 13.1 Å².